The molecule has 0 unspecified atom stereocenters. The first-order chi connectivity index (χ1) is 21.1. The molecule has 0 radical (unpaired) electrons. The Morgan fingerprint density at radius 2 is 0.907 bits per heavy atom. The highest BCUT2D eigenvalue weighted by Crippen LogP contribution is 2.31. The van der Waals surface area contributed by atoms with Crippen LogP contribution in [0.15, 0.2) is 91.0 Å². The van der Waals surface area contributed by atoms with E-state index in [1.807, 2.05) is 12.1 Å². The lowest BCUT2D eigenvalue weighted by molar-refractivity contribution is 0.101. The monoisotopic (exact) mass is 700 g/mol. The van der Waals surface area contributed by atoms with Crippen LogP contribution in [0.4, 0.5) is 0 Å². The minimum Gasteiger partial charge on any atom is -0.340 e. The second-order valence-corrected chi connectivity index (χ2v) is 12.9. The number of nitrogens with zero attached hydrogens (tertiary/aromatic N) is 2. The molecule has 6 aromatic rings. The van der Waals surface area contributed by atoms with Crippen LogP contribution in [0.2, 0.25) is 0 Å². The average molecular weight is 703 g/mol. The number of rotatable bonds is 13. The van der Waals surface area contributed by atoms with E-state index < -0.39 is 0 Å². The number of alkyl halides is 2. The van der Waals surface area contributed by atoms with Crippen molar-refractivity contribution in [1.29, 1.82) is 0 Å². The summed E-state index contributed by atoms with van der Waals surface area (Å²) in [6.07, 6.45) is 10.1. The fourth-order valence-corrected chi connectivity index (χ4v) is 6.99. The van der Waals surface area contributed by atoms with Crippen LogP contribution in [0.25, 0.3) is 43.6 Å². The summed E-state index contributed by atoms with van der Waals surface area (Å²) in [6, 6.07) is 32.1. The molecule has 43 heavy (non-hydrogen) atoms. The van der Waals surface area contributed by atoms with Gasteiger partial charge in [0.1, 0.15) is 0 Å². The minimum atomic E-state index is 0.124. The fourth-order valence-electron chi connectivity index (χ4n) is 6.19. The highest BCUT2D eigenvalue weighted by molar-refractivity contribution is 9.09. The summed E-state index contributed by atoms with van der Waals surface area (Å²) in [5.74, 6) is 0.124. The van der Waals surface area contributed by atoms with E-state index in [1.165, 1.54) is 95.0 Å². The second kappa shape index (κ2) is 15.7. The molecule has 0 aliphatic carbocycles. The number of aryl methyl sites for hydroxylation is 2. The predicted molar refractivity (Wildman–Crippen MR) is 193 cm³/mol. The van der Waals surface area contributed by atoms with E-state index in [1.54, 1.807) is 6.92 Å². The molecule has 0 N–H and O–H groups in total. The van der Waals surface area contributed by atoms with Gasteiger partial charge in [0, 0.05) is 72.9 Å². The van der Waals surface area contributed by atoms with Gasteiger partial charge in [0.2, 0.25) is 0 Å². The Labute approximate surface area is 272 Å². The first-order valence-corrected chi connectivity index (χ1v) is 18.0. The Hall–Kier alpha value is -2.89. The molecule has 0 atom stereocenters. The van der Waals surface area contributed by atoms with Crippen LogP contribution in [0.1, 0.15) is 68.6 Å². The van der Waals surface area contributed by atoms with Crippen molar-refractivity contribution in [1.82, 2.24) is 9.13 Å². The minimum absolute atomic E-state index is 0.124. The summed E-state index contributed by atoms with van der Waals surface area (Å²) in [5, 5.41) is 7.41. The largest absolute Gasteiger partial charge is 0.340 e. The maximum atomic E-state index is 11.7. The predicted octanol–water partition coefficient (Wildman–Crippen LogP) is 11.7. The summed E-state index contributed by atoms with van der Waals surface area (Å²) < 4.78 is 4.89. The van der Waals surface area contributed by atoms with E-state index in [-0.39, 0.29) is 5.78 Å². The number of Topliss-reactive ketones (excluding diaryl/α,β-unsaturated/α-hetero) is 1. The van der Waals surface area contributed by atoms with Crippen molar-refractivity contribution in [2.24, 2.45) is 0 Å². The normalized spacial score (nSPS) is 11.4. The number of para-hydroxylation sites is 3. The molecule has 5 heteroatoms. The van der Waals surface area contributed by atoms with Crippen LogP contribution in [0.5, 0.6) is 0 Å². The SMILES string of the molecule is BrCCCCCCn1c2ccccc2c2ccccc21.CC(=O)c1ccc2c(c1)c1ccccc1n2CCCCCCBr. The molecule has 224 valence electrons. The number of halogens is 2. The van der Waals surface area contributed by atoms with Gasteiger partial charge in [-0.3, -0.25) is 4.79 Å². The number of unbranched alkanes of at least 4 members (excludes halogenated alkanes) is 6. The zero-order valence-electron chi connectivity index (χ0n) is 25.2. The number of hydrogen-bond donors (Lipinski definition) is 0. The lowest BCUT2D eigenvalue weighted by atomic mass is 10.1. The van der Waals surface area contributed by atoms with Crippen molar-refractivity contribution in [3.63, 3.8) is 0 Å². The first-order valence-electron chi connectivity index (χ1n) is 15.7. The van der Waals surface area contributed by atoms with Gasteiger partial charge in [-0.25, -0.2) is 0 Å². The molecule has 0 fully saturated rings. The van der Waals surface area contributed by atoms with Gasteiger partial charge in [-0.1, -0.05) is 112 Å². The molecule has 2 heterocycles. The van der Waals surface area contributed by atoms with Gasteiger partial charge >= 0.3 is 0 Å². The molecule has 0 saturated heterocycles. The van der Waals surface area contributed by atoms with Crippen molar-refractivity contribution in [3.05, 3.63) is 96.6 Å². The summed E-state index contributed by atoms with van der Waals surface area (Å²) >= 11 is 6.99. The lowest BCUT2D eigenvalue weighted by Gasteiger charge is -2.07. The standard InChI is InChI=1S/C20H22BrNO.C18H20BrN/c1-15(23)16-10-11-20-18(14-16)17-8-4-5-9-19(17)22(20)13-7-3-2-6-12-21;19-13-7-1-2-8-14-20-17-11-5-3-9-15(17)16-10-4-6-12-18(16)20/h4-5,8-11,14H,2-3,6-7,12-13H2,1H3;3-6,9-12H,1-2,7-8,13-14H2. The number of aromatic nitrogens is 2. The topological polar surface area (TPSA) is 26.9 Å². The van der Waals surface area contributed by atoms with Gasteiger partial charge in [0.05, 0.1) is 0 Å². The second-order valence-electron chi connectivity index (χ2n) is 11.3. The van der Waals surface area contributed by atoms with Gasteiger partial charge < -0.3 is 9.13 Å². The summed E-state index contributed by atoms with van der Waals surface area (Å²) in [7, 11) is 0. The van der Waals surface area contributed by atoms with E-state index >= 15 is 0 Å². The molecule has 4 aromatic carbocycles. The van der Waals surface area contributed by atoms with Crippen LogP contribution in [0.3, 0.4) is 0 Å². The summed E-state index contributed by atoms with van der Waals surface area (Å²) in [4.78, 5) is 11.7. The van der Waals surface area contributed by atoms with Crippen molar-refractivity contribution in [2.75, 3.05) is 10.7 Å². The molecule has 6 rings (SSSR count). The molecule has 0 aliphatic rings. The third kappa shape index (κ3) is 7.44. The fraction of sp³-hybridized carbons (Fsp3) is 0.342. The number of fused-ring (bicyclic) bond motifs is 6. The van der Waals surface area contributed by atoms with Gasteiger partial charge in [0.25, 0.3) is 0 Å². The molecule has 3 nitrogen and oxygen atoms in total. The number of carbonyl (C=O) groups excluding carboxylic acids is 1. The number of hydrogen-bond acceptors (Lipinski definition) is 1. The smallest absolute Gasteiger partial charge is 0.159 e. The third-order valence-electron chi connectivity index (χ3n) is 8.39. The van der Waals surface area contributed by atoms with Gasteiger partial charge in [0.15, 0.2) is 5.78 Å². The maximum absolute atomic E-state index is 11.7. The third-order valence-corrected chi connectivity index (χ3v) is 9.51. The average Bonchev–Trinajstić information content (AvgIpc) is 3.53. The summed E-state index contributed by atoms with van der Waals surface area (Å²) in [5.41, 5.74) is 6.03. The van der Waals surface area contributed by atoms with Crippen molar-refractivity contribution in [2.45, 2.75) is 71.4 Å². The molecule has 0 amide bonds. The highest BCUT2D eigenvalue weighted by atomic mass is 79.9. The molecular formula is C38H42Br2N2O. The maximum Gasteiger partial charge on any atom is 0.159 e. The van der Waals surface area contributed by atoms with E-state index in [0.29, 0.717) is 0 Å². The van der Waals surface area contributed by atoms with Gasteiger partial charge in [-0.15, -0.1) is 0 Å². The van der Waals surface area contributed by atoms with Crippen LogP contribution in [0, 0.1) is 0 Å². The van der Waals surface area contributed by atoms with Crippen LogP contribution in [-0.2, 0) is 13.1 Å². The molecule has 0 aliphatic heterocycles. The van der Waals surface area contributed by atoms with Crippen LogP contribution < -0.4 is 0 Å². The Balaban J connectivity index is 0.000000173. The summed E-state index contributed by atoms with van der Waals surface area (Å²) in [6.45, 7) is 3.78. The Morgan fingerprint density at radius 3 is 1.35 bits per heavy atom. The Morgan fingerprint density at radius 1 is 0.512 bits per heavy atom. The van der Waals surface area contributed by atoms with E-state index in [4.69, 9.17) is 0 Å². The molecule has 0 spiro atoms. The lowest BCUT2D eigenvalue weighted by Crippen LogP contribution is -1.98. The highest BCUT2D eigenvalue weighted by Gasteiger charge is 2.12. The van der Waals surface area contributed by atoms with E-state index in [0.717, 1.165) is 29.3 Å². The van der Waals surface area contributed by atoms with Crippen LogP contribution >= 0.6 is 31.9 Å². The van der Waals surface area contributed by atoms with Crippen molar-refractivity contribution >= 4 is 81.3 Å². The quantitative estimate of drug-likeness (QED) is 0.0669. The Kier molecular flexibility index (Phi) is 11.5. The van der Waals surface area contributed by atoms with E-state index in [2.05, 4.69) is 120 Å². The van der Waals surface area contributed by atoms with Crippen molar-refractivity contribution < 1.29 is 4.79 Å². The number of ketones is 1. The van der Waals surface area contributed by atoms with Crippen molar-refractivity contribution in [3.8, 4) is 0 Å². The van der Waals surface area contributed by atoms with Crippen LogP contribution in [-0.4, -0.2) is 25.6 Å². The molecule has 0 saturated carbocycles. The molecule has 2 aromatic heterocycles. The zero-order chi connectivity index (χ0) is 30.0. The number of benzene rings is 4. The number of carbonyl (C=O) groups is 1. The molecule has 0 bridgehead atoms. The zero-order valence-corrected chi connectivity index (χ0v) is 28.4. The molecular weight excluding hydrogens is 660 g/mol. The van der Waals surface area contributed by atoms with E-state index in [9.17, 15) is 4.79 Å². The van der Waals surface area contributed by atoms with Gasteiger partial charge in [-0.05, 0) is 69.0 Å². The van der Waals surface area contributed by atoms with Gasteiger partial charge in [-0.2, -0.15) is 0 Å². The first kappa shape index (κ1) is 31.5. The Bertz CT molecular complexity index is 1750.